The van der Waals surface area contributed by atoms with Crippen LogP contribution in [0.25, 0.3) is 11.6 Å². The molecule has 0 saturated carbocycles. The Labute approximate surface area is 122 Å². The molecule has 2 aromatic carbocycles. The van der Waals surface area contributed by atoms with E-state index in [0.29, 0.717) is 5.56 Å². The van der Waals surface area contributed by atoms with Crippen molar-refractivity contribution in [3.05, 3.63) is 65.2 Å². The number of halogens is 2. The summed E-state index contributed by atoms with van der Waals surface area (Å²) in [7, 11) is 3.83. The third-order valence-corrected chi connectivity index (χ3v) is 3.07. The van der Waals surface area contributed by atoms with Crippen molar-refractivity contribution in [3.63, 3.8) is 0 Å². The molecule has 106 valence electrons. The SMILES string of the molecule is CN(C)c1ccc(C=C(C#N)c2c(F)cccc2F)cc1. The topological polar surface area (TPSA) is 27.0 Å². The number of rotatable bonds is 3. The van der Waals surface area contributed by atoms with Gasteiger partial charge in [-0.25, -0.2) is 8.78 Å². The Hall–Kier alpha value is -2.67. The van der Waals surface area contributed by atoms with E-state index in [-0.39, 0.29) is 11.1 Å². The monoisotopic (exact) mass is 284 g/mol. The molecule has 2 nitrogen and oxygen atoms in total. The average Bonchev–Trinajstić information content (AvgIpc) is 2.46. The molecule has 0 bridgehead atoms. The Morgan fingerprint density at radius 2 is 1.62 bits per heavy atom. The van der Waals surface area contributed by atoms with Crippen LogP contribution in [-0.2, 0) is 0 Å². The Bertz CT molecular complexity index is 690. The van der Waals surface area contributed by atoms with Gasteiger partial charge in [-0.3, -0.25) is 0 Å². The van der Waals surface area contributed by atoms with Crippen molar-refractivity contribution in [1.29, 1.82) is 5.26 Å². The molecule has 0 N–H and O–H groups in total. The van der Waals surface area contributed by atoms with Gasteiger partial charge in [0.2, 0.25) is 0 Å². The second-order valence-corrected chi connectivity index (χ2v) is 4.75. The fraction of sp³-hybridized carbons (Fsp3) is 0.118. The molecule has 4 heteroatoms. The van der Waals surface area contributed by atoms with Gasteiger partial charge in [-0.15, -0.1) is 0 Å². The maximum absolute atomic E-state index is 13.7. The van der Waals surface area contributed by atoms with Gasteiger partial charge in [0.25, 0.3) is 0 Å². The number of allylic oxidation sites excluding steroid dienone is 1. The largest absolute Gasteiger partial charge is 0.378 e. The van der Waals surface area contributed by atoms with Crippen molar-refractivity contribution in [2.45, 2.75) is 0 Å². The average molecular weight is 284 g/mol. The number of nitrogens with zero attached hydrogens (tertiary/aromatic N) is 2. The zero-order chi connectivity index (χ0) is 15.4. The van der Waals surface area contributed by atoms with E-state index in [1.165, 1.54) is 12.1 Å². The van der Waals surface area contributed by atoms with Crippen LogP contribution in [0, 0.1) is 23.0 Å². The van der Waals surface area contributed by atoms with Gasteiger partial charge in [-0.05, 0) is 35.9 Å². The molecule has 2 aromatic rings. The van der Waals surface area contributed by atoms with Gasteiger partial charge >= 0.3 is 0 Å². The molecule has 0 heterocycles. The fourth-order valence-corrected chi connectivity index (χ4v) is 1.95. The lowest BCUT2D eigenvalue weighted by Gasteiger charge is -2.12. The number of benzene rings is 2. The minimum absolute atomic E-state index is 0.0387. The van der Waals surface area contributed by atoms with E-state index in [0.717, 1.165) is 17.8 Å². The highest BCUT2D eigenvalue weighted by Gasteiger charge is 2.13. The lowest BCUT2D eigenvalue weighted by Crippen LogP contribution is -2.07. The first-order chi connectivity index (χ1) is 10.0. The molecule has 0 radical (unpaired) electrons. The highest BCUT2D eigenvalue weighted by molar-refractivity contribution is 5.90. The van der Waals surface area contributed by atoms with Crippen LogP contribution in [0.3, 0.4) is 0 Å². The molecule has 0 aliphatic rings. The lowest BCUT2D eigenvalue weighted by atomic mass is 10.0. The molecule has 0 aromatic heterocycles. The van der Waals surface area contributed by atoms with Crippen LogP contribution in [0.1, 0.15) is 11.1 Å². The van der Waals surface area contributed by atoms with Gasteiger partial charge in [0, 0.05) is 19.8 Å². The highest BCUT2D eigenvalue weighted by Crippen LogP contribution is 2.24. The lowest BCUT2D eigenvalue weighted by molar-refractivity contribution is 0.578. The molecule has 0 aliphatic carbocycles. The van der Waals surface area contributed by atoms with Gasteiger partial charge in [0.15, 0.2) is 0 Å². The molecule has 2 rings (SSSR count). The van der Waals surface area contributed by atoms with Gasteiger partial charge < -0.3 is 4.90 Å². The first-order valence-corrected chi connectivity index (χ1v) is 6.36. The van der Waals surface area contributed by atoms with Crippen molar-refractivity contribution < 1.29 is 8.78 Å². The number of nitriles is 1. The van der Waals surface area contributed by atoms with Crippen LogP contribution in [0.15, 0.2) is 42.5 Å². The van der Waals surface area contributed by atoms with Crippen molar-refractivity contribution in [2.24, 2.45) is 0 Å². The fourth-order valence-electron chi connectivity index (χ4n) is 1.95. The van der Waals surface area contributed by atoms with Gasteiger partial charge in [-0.1, -0.05) is 18.2 Å². The van der Waals surface area contributed by atoms with E-state index in [4.69, 9.17) is 0 Å². The summed E-state index contributed by atoms with van der Waals surface area (Å²) < 4.78 is 27.4. The van der Waals surface area contributed by atoms with E-state index < -0.39 is 11.6 Å². The van der Waals surface area contributed by atoms with Crippen LogP contribution in [0.2, 0.25) is 0 Å². The Balaban J connectivity index is 2.44. The number of hydrogen-bond acceptors (Lipinski definition) is 2. The molecule has 0 fully saturated rings. The molecule has 0 spiro atoms. The standard InChI is InChI=1S/C17H14F2N2/c1-21(2)14-8-6-12(7-9-14)10-13(11-20)17-15(18)4-3-5-16(17)19/h3-10H,1-2H3. The highest BCUT2D eigenvalue weighted by atomic mass is 19.1. The van der Waals surface area contributed by atoms with E-state index >= 15 is 0 Å². The quantitative estimate of drug-likeness (QED) is 0.627. The second-order valence-electron chi connectivity index (χ2n) is 4.75. The smallest absolute Gasteiger partial charge is 0.134 e. The zero-order valence-corrected chi connectivity index (χ0v) is 11.8. The van der Waals surface area contributed by atoms with Crippen molar-refractivity contribution in [1.82, 2.24) is 0 Å². The van der Waals surface area contributed by atoms with Crippen molar-refractivity contribution in [3.8, 4) is 6.07 Å². The Morgan fingerprint density at radius 3 is 2.10 bits per heavy atom. The van der Waals surface area contributed by atoms with Crippen molar-refractivity contribution in [2.75, 3.05) is 19.0 Å². The summed E-state index contributed by atoms with van der Waals surface area (Å²) in [4.78, 5) is 1.94. The predicted molar refractivity (Wildman–Crippen MR) is 80.6 cm³/mol. The summed E-state index contributed by atoms with van der Waals surface area (Å²) in [5.74, 6) is -1.49. The summed E-state index contributed by atoms with van der Waals surface area (Å²) in [5, 5.41) is 9.17. The first-order valence-electron chi connectivity index (χ1n) is 6.36. The van der Waals surface area contributed by atoms with Gasteiger partial charge in [0.1, 0.15) is 11.6 Å². The summed E-state index contributed by atoms with van der Waals surface area (Å²) in [6.45, 7) is 0. The minimum atomic E-state index is -0.743. The second kappa shape index (κ2) is 6.19. The van der Waals surface area contributed by atoms with Crippen LogP contribution in [0.4, 0.5) is 14.5 Å². The van der Waals surface area contributed by atoms with Crippen LogP contribution in [-0.4, -0.2) is 14.1 Å². The molecule has 0 amide bonds. The maximum Gasteiger partial charge on any atom is 0.134 e. The summed E-state index contributed by atoms with van der Waals surface area (Å²) in [5.41, 5.74) is 1.38. The maximum atomic E-state index is 13.7. The molecule has 21 heavy (non-hydrogen) atoms. The molecule has 0 unspecified atom stereocenters. The summed E-state index contributed by atoms with van der Waals surface area (Å²) in [6.07, 6.45) is 1.47. The van der Waals surface area contributed by atoms with E-state index in [1.54, 1.807) is 12.1 Å². The summed E-state index contributed by atoms with van der Waals surface area (Å²) in [6, 6.07) is 12.7. The van der Waals surface area contributed by atoms with Gasteiger partial charge in [-0.2, -0.15) is 5.26 Å². The summed E-state index contributed by atoms with van der Waals surface area (Å²) >= 11 is 0. The van der Waals surface area contributed by atoms with Crippen LogP contribution < -0.4 is 4.90 Å². The van der Waals surface area contributed by atoms with E-state index in [1.807, 2.05) is 37.2 Å². The van der Waals surface area contributed by atoms with Crippen LogP contribution >= 0.6 is 0 Å². The molecule has 0 aliphatic heterocycles. The van der Waals surface area contributed by atoms with Gasteiger partial charge in [0.05, 0.1) is 17.2 Å². The van der Waals surface area contributed by atoms with E-state index in [2.05, 4.69) is 0 Å². The Kier molecular flexibility index (Phi) is 4.34. The zero-order valence-electron chi connectivity index (χ0n) is 11.8. The molecule has 0 saturated heterocycles. The van der Waals surface area contributed by atoms with Crippen molar-refractivity contribution >= 4 is 17.3 Å². The predicted octanol–water partition coefficient (Wildman–Crippen LogP) is 4.09. The normalized spacial score (nSPS) is 11.1. The van der Waals surface area contributed by atoms with E-state index in [9.17, 15) is 14.0 Å². The number of hydrogen-bond donors (Lipinski definition) is 0. The number of anilines is 1. The van der Waals surface area contributed by atoms with Crippen LogP contribution in [0.5, 0.6) is 0 Å². The minimum Gasteiger partial charge on any atom is -0.378 e. The first kappa shape index (κ1) is 14.7. The Morgan fingerprint density at radius 1 is 1.05 bits per heavy atom. The third kappa shape index (κ3) is 3.26. The molecular formula is C17H14F2N2. The third-order valence-electron chi connectivity index (χ3n) is 3.07. The molecule has 0 atom stereocenters. The molecular weight excluding hydrogens is 270 g/mol.